The van der Waals surface area contributed by atoms with Gasteiger partial charge in [0.1, 0.15) is 5.76 Å². The first kappa shape index (κ1) is 12.2. The molecule has 0 fully saturated rings. The number of methoxy groups -OCH3 is 1. The van der Waals surface area contributed by atoms with E-state index in [0.29, 0.717) is 5.76 Å². The predicted molar refractivity (Wildman–Crippen MR) is 69.4 cm³/mol. The second-order valence-electron chi connectivity index (χ2n) is 4.21. The molecule has 0 bridgehead atoms. The minimum atomic E-state index is -0.566. The summed E-state index contributed by atoms with van der Waals surface area (Å²) in [7, 11) is 1.29. The standard InChI is InChI=1S/C14H15NO3/c1-8-4-5-9(2)10(6-8)12-7-11(15)13(18-12)14(16)17-3/h4-7H,15H2,1-3H3. The zero-order chi connectivity index (χ0) is 13.3. The molecule has 18 heavy (non-hydrogen) atoms. The summed E-state index contributed by atoms with van der Waals surface area (Å²) >= 11 is 0. The number of nitrogen functional groups attached to an aromatic ring is 1. The van der Waals surface area contributed by atoms with Crippen molar-refractivity contribution in [1.82, 2.24) is 0 Å². The van der Waals surface area contributed by atoms with Crippen LogP contribution in [0.2, 0.25) is 0 Å². The van der Waals surface area contributed by atoms with Crippen molar-refractivity contribution < 1.29 is 13.9 Å². The van der Waals surface area contributed by atoms with Crippen LogP contribution in [0.1, 0.15) is 21.7 Å². The van der Waals surface area contributed by atoms with E-state index in [1.54, 1.807) is 6.07 Å². The van der Waals surface area contributed by atoms with Crippen molar-refractivity contribution in [3.63, 3.8) is 0 Å². The van der Waals surface area contributed by atoms with E-state index in [-0.39, 0.29) is 11.4 Å². The maximum Gasteiger partial charge on any atom is 0.376 e. The maximum absolute atomic E-state index is 11.4. The molecule has 0 amide bonds. The van der Waals surface area contributed by atoms with Gasteiger partial charge in [0.25, 0.3) is 0 Å². The van der Waals surface area contributed by atoms with E-state index in [1.165, 1.54) is 7.11 Å². The quantitative estimate of drug-likeness (QED) is 0.826. The molecule has 4 heteroatoms. The Labute approximate surface area is 105 Å². The maximum atomic E-state index is 11.4. The van der Waals surface area contributed by atoms with E-state index in [4.69, 9.17) is 10.2 Å². The van der Waals surface area contributed by atoms with E-state index in [9.17, 15) is 4.79 Å². The van der Waals surface area contributed by atoms with Crippen LogP contribution >= 0.6 is 0 Å². The molecule has 2 N–H and O–H groups in total. The molecule has 0 aliphatic rings. The molecule has 94 valence electrons. The molecule has 0 spiro atoms. The fourth-order valence-corrected chi connectivity index (χ4v) is 1.79. The molecule has 0 radical (unpaired) electrons. The number of nitrogens with two attached hydrogens (primary N) is 1. The Bertz CT molecular complexity index is 599. The van der Waals surface area contributed by atoms with Crippen LogP contribution < -0.4 is 5.73 Å². The number of aryl methyl sites for hydroxylation is 2. The van der Waals surface area contributed by atoms with E-state index >= 15 is 0 Å². The average Bonchev–Trinajstić information content (AvgIpc) is 2.73. The third-order valence-electron chi connectivity index (χ3n) is 2.79. The number of hydrogen-bond acceptors (Lipinski definition) is 4. The summed E-state index contributed by atoms with van der Waals surface area (Å²) in [6.45, 7) is 3.97. The third-order valence-corrected chi connectivity index (χ3v) is 2.79. The fourth-order valence-electron chi connectivity index (χ4n) is 1.79. The van der Waals surface area contributed by atoms with Crippen molar-refractivity contribution >= 4 is 11.7 Å². The van der Waals surface area contributed by atoms with Gasteiger partial charge in [0, 0.05) is 11.6 Å². The summed E-state index contributed by atoms with van der Waals surface area (Å²) in [6.07, 6.45) is 0. The highest BCUT2D eigenvalue weighted by atomic mass is 16.5. The number of carbonyl (C=O) groups excluding carboxylic acids is 1. The van der Waals surface area contributed by atoms with Gasteiger partial charge in [-0.15, -0.1) is 0 Å². The molecular formula is C14H15NO3. The Morgan fingerprint density at radius 1 is 1.28 bits per heavy atom. The first-order valence-electron chi connectivity index (χ1n) is 5.58. The predicted octanol–water partition coefficient (Wildman–Crippen LogP) is 2.93. The van der Waals surface area contributed by atoms with Crippen molar-refractivity contribution in [2.45, 2.75) is 13.8 Å². The molecule has 2 aromatic rings. The first-order chi connectivity index (χ1) is 8.52. The molecule has 0 aliphatic heterocycles. The Morgan fingerprint density at radius 3 is 2.67 bits per heavy atom. The summed E-state index contributed by atoms with van der Waals surface area (Å²) in [5.41, 5.74) is 9.14. The minimum Gasteiger partial charge on any atom is -0.463 e. The van der Waals surface area contributed by atoms with Crippen molar-refractivity contribution in [3.05, 3.63) is 41.2 Å². The van der Waals surface area contributed by atoms with Gasteiger partial charge in [-0.25, -0.2) is 4.79 Å². The van der Waals surface area contributed by atoms with Crippen molar-refractivity contribution in [3.8, 4) is 11.3 Å². The lowest BCUT2D eigenvalue weighted by Crippen LogP contribution is -2.02. The zero-order valence-electron chi connectivity index (χ0n) is 10.6. The van der Waals surface area contributed by atoms with Crippen LogP contribution in [-0.2, 0) is 4.74 Å². The van der Waals surface area contributed by atoms with Crippen LogP contribution in [0.5, 0.6) is 0 Å². The number of esters is 1. The zero-order valence-corrected chi connectivity index (χ0v) is 10.6. The fraction of sp³-hybridized carbons (Fsp3) is 0.214. The average molecular weight is 245 g/mol. The number of rotatable bonds is 2. The van der Waals surface area contributed by atoms with Gasteiger partial charge in [-0.2, -0.15) is 0 Å². The summed E-state index contributed by atoms with van der Waals surface area (Å²) in [6, 6.07) is 7.66. The number of furan rings is 1. The number of ether oxygens (including phenoxy) is 1. The molecule has 0 saturated heterocycles. The summed E-state index contributed by atoms with van der Waals surface area (Å²) in [5, 5.41) is 0. The molecule has 0 unspecified atom stereocenters. The number of carbonyl (C=O) groups is 1. The normalized spacial score (nSPS) is 10.4. The first-order valence-corrected chi connectivity index (χ1v) is 5.58. The van der Waals surface area contributed by atoms with Crippen LogP contribution in [0.15, 0.2) is 28.7 Å². The lowest BCUT2D eigenvalue weighted by molar-refractivity contribution is 0.0567. The monoisotopic (exact) mass is 245 g/mol. The van der Waals surface area contributed by atoms with Gasteiger partial charge in [-0.1, -0.05) is 17.7 Å². The highest BCUT2D eigenvalue weighted by Gasteiger charge is 2.18. The lowest BCUT2D eigenvalue weighted by atomic mass is 10.0. The van der Waals surface area contributed by atoms with Gasteiger partial charge < -0.3 is 14.9 Å². The van der Waals surface area contributed by atoms with Gasteiger partial charge in [0.15, 0.2) is 0 Å². The van der Waals surface area contributed by atoms with Crippen molar-refractivity contribution in [1.29, 1.82) is 0 Å². The van der Waals surface area contributed by atoms with Crippen LogP contribution in [-0.4, -0.2) is 13.1 Å². The molecule has 0 aliphatic carbocycles. The molecule has 1 heterocycles. The second kappa shape index (κ2) is 4.56. The molecule has 1 aromatic carbocycles. The van der Waals surface area contributed by atoms with Gasteiger partial charge in [0.05, 0.1) is 12.8 Å². The Morgan fingerprint density at radius 2 is 2.00 bits per heavy atom. The van der Waals surface area contributed by atoms with Gasteiger partial charge in [-0.05, 0) is 25.5 Å². The minimum absolute atomic E-state index is 0.0495. The highest BCUT2D eigenvalue weighted by molar-refractivity contribution is 5.93. The van der Waals surface area contributed by atoms with Crippen LogP contribution in [0.25, 0.3) is 11.3 Å². The number of hydrogen-bond donors (Lipinski definition) is 1. The van der Waals surface area contributed by atoms with Gasteiger partial charge >= 0.3 is 5.97 Å². The number of anilines is 1. The van der Waals surface area contributed by atoms with Crippen LogP contribution in [0, 0.1) is 13.8 Å². The largest absolute Gasteiger partial charge is 0.463 e. The molecule has 0 atom stereocenters. The van der Waals surface area contributed by atoms with Gasteiger partial charge in [-0.3, -0.25) is 0 Å². The third kappa shape index (κ3) is 2.09. The molecular weight excluding hydrogens is 230 g/mol. The lowest BCUT2D eigenvalue weighted by Gasteiger charge is -2.03. The molecule has 4 nitrogen and oxygen atoms in total. The molecule has 0 saturated carbocycles. The summed E-state index contributed by atoms with van der Waals surface area (Å²) in [4.78, 5) is 11.4. The second-order valence-corrected chi connectivity index (χ2v) is 4.21. The SMILES string of the molecule is COC(=O)c1oc(-c2cc(C)ccc2C)cc1N. The summed E-state index contributed by atoms with van der Waals surface area (Å²) in [5.74, 6) is 0.0616. The Hall–Kier alpha value is -2.23. The van der Waals surface area contributed by atoms with E-state index in [1.807, 2.05) is 32.0 Å². The Balaban J connectivity index is 2.52. The van der Waals surface area contributed by atoms with Crippen molar-refractivity contribution in [2.24, 2.45) is 0 Å². The highest BCUT2D eigenvalue weighted by Crippen LogP contribution is 2.30. The Kier molecular flexibility index (Phi) is 3.10. The number of benzene rings is 1. The molecule has 1 aromatic heterocycles. The smallest absolute Gasteiger partial charge is 0.376 e. The molecule has 2 rings (SSSR count). The topological polar surface area (TPSA) is 65.5 Å². The van der Waals surface area contributed by atoms with Gasteiger partial charge in [0.2, 0.25) is 5.76 Å². The van der Waals surface area contributed by atoms with E-state index in [0.717, 1.165) is 16.7 Å². The van der Waals surface area contributed by atoms with Crippen LogP contribution in [0.4, 0.5) is 5.69 Å². The van der Waals surface area contributed by atoms with Crippen molar-refractivity contribution in [2.75, 3.05) is 12.8 Å². The van der Waals surface area contributed by atoms with E-state index < -0.39 is 5.97 Å². The van der Waals surface area contributed by atoms with Crippen LogP contribution in [0.3, 0.4) is 0 Å². The summed E-state index contributed by atoms with van der Waals surface area (Å²) < 4.78 is 10.1. The van der Waals surface area contributed by atoms with E-state index in [2.05, 4.69) is 4.74 Å².